The number of imidazole rings is 2. The monoisotopic (exact) mass is 679 g/mol. The summed E-state index contributed by atoms with van der Waals surface area (Å²) >= 11 is 0. The molecular formula is C46H29N7. The first-order chi connectivity index (χ1) is 26.3. The second kappa shape index (κ2) is 11.6. The number of benzene rings is 7. The molecule has 0 aliphatic carbocycles. The quantitative estimate of drug-likeness (QED) is 0.182. The average molecular weight is 680 g/mol. The van der Waals surface area contributed by atoms with E-state index in [2.05, 4.69) is 123 Å². The van der Waals surface area contributed by atoms with Gasteiger partial charge in [0.15, 0.2) is 17.5 Å². The van der Waals surface area contributed by atoms with E-state index >= 15 is 0 Å². The molecular weight excluding hydrogens is 651 g/mol. The highest BCUT2D eigenvalue weighted by molar-refractivity contribution is 6.14. The summed E-state index contributed by atoms with van der Waals surface area (Å²) in [4.78, 5) is 20.1. The molecule has 11 rings (SSSR count). The van der Waals surface area contributed by atoms with E-state index in [1.54, 1.807) is 0 Å². The van der Waals surface area contributed by atoms with E-state index in [0.717, 1.165) is 66.9 Å². The average Bonchev–Trinajstić information content (AvgIpc) is 3.87. The fraction of sp³-hybridized carbons (Fsp3) is 0. The third kappa shape index (κ3) is 4.61. The van der Waals surface area contributed by atoms with Crippen LogP contribution in [-0.4, -0.2) is 33.5 Å². The van der Waals surface area contributed by atoms with Crippen LogP contribution in [-0.2, 0) is 0 Å². The summed E-state index contributed by atoms with van der Waals surface area (Å²) < 4.78 is 6.92. The largest absolute Gasteiger partial charge is 0.309 e. The van der Waals surface area contributed by atoms with Crippen molar-refractivity contribution in [3.05, 3.63) is 176 Å². The second-order valence-electron chi connectivity index (χ2n) is 13.2. The van der Waals surface area contributed by atoms with Gasteiger partial charge >= 0.3 is 0 Å². The van der Waals surface area contributed by atoms with Gasteiger partial charge in [0.25, 0.3) is 0 Å². The van der Waals surface area contributed by atoms with Gasteiger partial charge in [0.2, 0.25) is 5.78 Å². The Bertz CT molecular complexity index is 3100. The SMILES string of the molecule is c1ccc(-c2nc(-c3ccccc3)nc(-c3cccc(-n4c5ccccc5c5cc6c(cc54)n(-c4ccccc4)c4nc5ccccc5n64)c3)n2)cc1. The van der Waals surface area contributed by atoms with Crippen LogP contribution in [0.5, 0.6) is 0 Å². The van der Waals surface area contributed by atoms with E-state index in [0.29, 0.717) is 17.5 Å². The van der Waals surface area contributed by atoms with Crippen molar-refractivity contribution < 1.29 is 0 Å². The Morgan fingerprint density at radius 1 is 0.321 bits per heavy atom. The van der Waals surface area contributed by atoms with Gasteiger partial charge in [-0.15, -0.1) is 0 Å². The zero-order chi connectivity index (χ0) is 34.9. The lowest BCUT2D eigenvalue weighted by atomic mass is 10.1. The van der Waals surface area contributed by atoms with Crippen molar-refractivity contribution in [2.75, 3.05) is 0 Å². The molecule has 0 saturated heterocycles. The topological polar surface area (TPSA) is 65.8 Å². The van der Waals surface area contributed by atoms with Gasteiger partial charge in [-0.25, -0.2) is 19.9 Å². The summed E-state index contributed by atoms with van der Waals surface area (Å²) in [5.41, 5.74) is 11.3. The Hall–Kier alpha value is -7.38. The summed E-state index contributed by atoms with van der Waals surface area (Å²) in [6, 6.07) is 60.8. The number of para-hydroxylation sites is 4. The van der Waals surface area contributed by atoms with Crippen molar-refractivity contribution in [2.45, 2.75) is 0 Å². The Labute approximate surface area is 303 Å². The molecule has 248 valence electrons. The van der Waals surface area contributed by atoms with E-state index in [-0.39, 0.29) is 0 Å². The number of aromatic nitrogens is 7. The maximum Gasteiger partial charge on any atom is 0.220 e. The molecule has 0 radical (unpaired) electrons. The summed E-state index contributed by atoms with van der Waals surface area (Å²) in [5, 5.41) is 2.35. The first-order valence-electron chi connectivity index (χ1n) is 17.7. The number of nitrogens with zero attached hydrogens (tertiary/aromatic N) is 7. The Kier molecular flexibility index (Phi) is 6.42. The van der Waals surface area contributed by atoms with Gasteiger partial charge in [0.1, 0.15) is 0 Å². The number of rotatable bonds is 5. The lowest BCUT2D eigenvalue weighted by Crippen LogP contribution is -2.01. The molecule has 0 atom stereocenters. The molecule has 11 aromatic rings. The summed E-state index contributed by atoms with van der Waals surface area (Å²) in [5.74, 6) is 2.78. The molecule has 7 nitrogen and oxygen atoms in total. The summed E-state index contributed by atoms with van der Waals surface area (Å²) in [6.45, 7) is 0. The first kappa shape index (κ1) is 29.4. The lowest BCUT2D eigenvalue weighted by molar-refractivity contribution is 1.07. The van der Waals surface area contributed by atoms with Gasteiger partial charge in [-0.3, -0.25) is 8.97 Å². The van der Waals surface area contributed by atoms with Crippen LogP contribution in [0.2, 0.25) is 0 Å². The molecule has 0 bridgehead atoms. The number of hydrogen-bond acceptors (Lipinski definition) is 4. The van der Waals surface area contributed by atoms with E-state index < -0.39 is 0 Å². The Morgan fingerprint density at radius 3 is 1.60 bits per heavy atom. The molecule has 0 unspecified atom stereocenters. The third-order valence-electron chi connectivity index (χ3n) is 10.1. The van der Waals surface area contributed by atoms with Crippen molar-refractivity contribution >= 4 is 49.7 Å². The van der Waals surface area contributed by atoms with E-state index in [1.165, 1.54) is 10.8 Å². The van der Waals surface area contributed by atoms with Crippen LogP contribution in [0, 0.1) is 0 Å². The van der Waals surface area contributed by atoms with Gasteiger partial charge in [-0.2, -0.15) is 0 Å². The minimum absolute atomic E-state index is 0.619. The van der Waals surface area contributed by atoms with Crippen LogP contribution in [0.1, 0.15) is 0 Å². The van der Waals surface area contributed by atoms with E-state index in [9.17, 15) is 0 Å². The molecule has 4 heterocycles. The minimum Gasteiger partial charge on any atom is -0.309 e. The fourth-order valence-electron chi connectivity index (χ4n) is 7.69. The first-order valence-corrected chi connectivity index (χ1v) is 17.7. The maximum atomic E-state index is 5.15. The highest BCUT2D eigenvalue weighted by Crippen LogP contribution is 2.38. The smallest absolute Gasteiger partial charge is 0.220 e. The minimum atomic E-state index is 0.619. The van der Waals surface area contributed by atoms with Crippen molar-refractivity contribution in [3.8, 4) is 45.5 Å². The van der Waals surface area contributed by atoms with Gasteiger partial charge < -0.3 is 4.57 Å². The van der Waals surface area contributed by atoms with Crippen LogP contribution in [0.3, 0.4) is 0 Å². The normalized spacial score (nSPS) is 11.8. The van der Waals surface area contributed by atoms with Crippen LogP contribution in [0.4, 0.5) is 0 Å². The van der Waals surface area contributed by atoms with Gasteiger partial charge in [0, 0.05) is 38.8 Å². The maximum absolute atomic E-state index is 5.15. The predicted molar refractivity (Wildman–Crippen MR) is 214 cm³/mol. The molecule has 0 aliphatic rings. The zero-order valence-corrected chi connectivity index (χ0v) is 28.4. The third-order valence-corrected chi connectivity index (χ3v) is 10.1. The van der Waals surface area contributed by atoms with Gasteiger partial charge in [-0.1, -0.05) is 121 Å². The van der Waals surface area contributed by atoms with Crippen LogP contribution < -0.4 is 0 Å². The van der Waals surface area contributed by atoms with E-state index in [1.807, 2.05) is 66.7 Å². The molecule has 0 saturated carbocycles. The van der Waals surface area contributed by atoms with Crippen molar-refractivity contribution in [1.82, 2.24) is 33.5 Å². The number of fused-ring (bicyclic) bond motifs is 8. The molecule has 53 heavy (non-hydrogen) atoms. The van der Waals surface area contributed by atoms with Crippen molar-refractivity contribution in [2.24, 2.45) is 0 Å². The molecule has 7 aromatic carbocycles. The molecule has 0 spiro atoms. The molecule has 7 heteroatoms. The second-order valence-corrected chi connectivity index (χ2v) is 13.2. The van der Waals surface area contributed by atoms with Gasteiger partial charge in [0.05, 0.1) is 33.1 Å². The summed E-state index contributed by atoms with van der Waals surface area (Å²) in [7, 11) is 0. The zero-order valence-electron chi connectivity index (χ0n) is 28.4. The van der Waals surface area contributed by atoms with Crippen LogP contribution >= 0.6 is 0 Å². The number of hydrogen-bond donors (Lipinski definition) is 0. The van der Waals surface area contributed by atoms with Crippen LogP contribution in [0.25, 0.3) is 95.2 Å². The highest BCUT2D eigenvalue weighted by atomic mass is 15.2. The van der Waals surface area contributed by atoms with Crippen LogP contribution in [0.15, 0.2) is 176 Å². The molecule has 0 amide bonds. The van der Waals surface area contributed by atoms with Crippen molar-refractivity contribution in [3.63, 3.8) is 0 Å². The lowest BCUT2D eigenvalue weighted by Gasteiger charge is -2.12. The Balaban J connectivity index is 1.17. The highest BCUT2D eigenvalue weighted by Gasteiger charge is 2.21. The van der Waals surface area contributed by atoms with Gasteiger partial charge in [-0.05, 0) is 54.6 Å². The Morgan fingerprint density at radius 2 is 0.887 bits per heavy atom. The predicted octanol–water partition coefficient (Wildman–Crippen LogP) is 10.7. The molecule has 4 aromatic heterocycles. The summed E-state index contributed by atoms with van der Waals surface area (Å²) in [6.07, 6.45) is 0. The van der Waals surface area contributed by atoms with E-state index in [4.69, 9.17) is 19.9 Å². The fourth-order valence-corrected chi connectivity index (χ4v) is 7.69. The molecule has 0 aliphatic heterocycles. The van der Waals surface area contributed by atoms with Crippen molar-refractivity contribution in [1.29, 1.82) is 0 Å². The molecule has 0 fully saturated rings. The standard InChI is InChI=1S/C46H29N7/c1-4-15-30(16-5-1)43-48-44(31-17-6-2-7-18-31)50-45(49-43)32-19-14-22-34(27-32)51-38-25-12-10-23-35(38)36-28-41-42(29-40(36)51)52(33-20-8-3-9-21-33)46-47-37-24-11-13-26-39(37)53(41)46/h1-29H. The molecule has 0 N–H and O–H groups in total.